The van der Waals surface area contributed by atoms with Gasteiger partial charge in [-0.1, -0.05) is 18.5 Å². The Morgan fingerprint density at radius 1 is 1.36 bits per heavy atom. The van der Waals surface area contributed by atoms with Crippen LogP contribution in [0.5, 0.6) is 11.5 Å². The molecular formula is C19H18ClFN2O5. The normalized spacial score (nSPS) is 10.7. The second-order valence-corrected chi connectivity index (χ2v) is 6.03. The molecule has 0 fully saturated rings. The van der Waals surface area contributed by atoms with E-state index in [9.17, 15) is 19.3 Å². The second-order valence-electron chi connectivity index (χ2n) is 5.63. The number of hydrogen-bond acceptors (Lipinski definition) is 5. The molecule has 1 amide bonds. The van der Waals surface area contributed by atoms with Crippen molar-refractivity contribution in [1.29, 1.82) is 0 Å². The number of carbonyl (C=O) groups is 1. The summed E-state index contributed by atoms with van der Waals surface area (Å²) in [4.78, 5) is 22.1. The summed E-state index contributed by atoms with van der Waals surface area (Å²) in [6, 6.07) is 6.09. The molecule has 0 aromatic heterocycles. The van der Waals surface area contributed by atoms with E-state index in [0.717, 1.165) is 30.7 Å². The summed E-state index contributed by atoms with van der Waals surface area (Å²) in [5, 5.41) is 13.3. The number of carbonyl (C=O) groups excluding carboxylic acids is 1. The van der Waals surface area contributed by atoms with Crippen LogP contribution in [0.2, 0.25) is 5.02 Å². The van der Waals surface area contributed by atoms with E-state index in [2.05, 4.69) is 5.32 Å². The topological polar surface area (TPSA) is 90.7 Å². The molecule has 0 atom stereocenters. The Morgan fingerprint density at radius 3 is 2.75 bits per heavy atom. The monoisotopic (exact) mass is 408 g/mol. The van der Waals surface area contributed by atoms with E-state index in [1.165, 1.54) is 13.2 Å². The molecule has 0 aliphatic rings. The molecule has 0 unspecified atom stereocenters. The van der Waals surface area contributed by atoms with Crippen LogP contribution in [0.4, 0.5) is 15.8 Å². The zero-order valence-electron chi connectivity index (χ0n) is 15.2. The third-order valence-corrected chi connectivity index (χ3v) is 3.83. The van der Waals surface area contributed by atoms with Crippen molar-refractivity contribution in [1.82, 2.24) is 0 Å². The van der Waals surface area contributed by atoms with Crippen molar-refractivity contribution in [2.45, 2.75) is 13.3 Å². The summed E-state index contributed by atoms with van der Waals surface area (Å²) in [6.07, 6.45) is 3.40. The average molecular weight is 409 g/mol. The molecule has 28 heavy (non-hydrogen) atoms. The number of nitrogens with zero attached hydrogens (tertiary/aromatic N) is 1. The van der Waals surface area contributed by atoms with Gasteiger partial charge in [0.2, 0.25) is 5.91 Å². The van der Waals surface area contributed by atoms with Crippen LogP contribution in [0.25, 0.3) is 6.08 Å². The van der Waals surface area contributed by atoms with Gasteiger partial charge in [-0.2, -0.15) is 0 Å². The van der Waals surface area contributed by atoms with E-state index in [1.807, 2.05) is 6.92 Å². The van der Waals surface area contributed by atoms with Crippen molar-refractivity contribution in [2.75, 3.05) is 19.0 Å². The number of benzene rings is 2. The van der Waals surface area contributed by atoms with E-state index in [1.54, 1.807) is 12.1 Å². The highest BCUT2D eigenvalue weighted by atomic mass is 35.5. The summed E-state index contributed by atoms with van der Waals surface area (Å²) >= 11 is 6.21. The highest BCUT2D eigenvalue weighted by Gasteiger charge is 2.13. The van der Waals surface area contributed by atoms with Crippen molar-refractivity contribution >= 4 is 35.0 Å². The van der Waals surface area contributed by atoms with E-state index >= 15 is 0 Å². The maximum atomic E-state index is 13.7. The summed E-state index contributed by atoms with van der Waals surface area (Å²) in [5.41, 5.74) is -0.0667. The minimum absolute atomic E-state index is 0.289. The van der Waals surface area contributed by atoms with Crippen molar-refractivity contribution in [3.8, 4) is 11.5 Å². The van der Waals surface area contributed by atoms with Crippen LogP contribution in [-0.4, -0.2) is 24.5 Å². The van der Waals surface area contributed by atoms with E-state index in [0.29, 0.717) is 28.7 Å². The first-order chi connectivity index (χ1) is 13.3. The molecule has 0 bridgehead atoms. The van der Waals surface area contributed by atoms with E-state index in [4.69, 9.17) is 21.1 Å². The summed E-state index contributed by atoms with van der Waals surface area (Å²) in [5.74, 6) is -0.632. The lowest BCUT2D eigenvalue weighted by Gasteiger charge is -2.12. The first kappa shape index (κ1) is 21.2. The Morgan fingerprint density at radius 2 is 2.11 bits per heavy atom. The molecule has 0 heterocycles. The number of rotatable bonds is 8. The van der Waals surface area contributed by atoms with Gasteiger partial charge in [0.15, 0.2) is 11.5 Å². The fraction of sp³-hybridized carbons (Fsp3) is 0.211. The number of nitro benzene ring substituents is 1. The number of amides is 1. The van der Waals surface area contributed by atoms with Crippen molar-refractivity contribution < 1.29 is 23.6 Å². The van der Waals surface area contributed by atoms with Crippen LogP contribution in [0.1, 0.15) is 18.9 Å². The van der Waals surface area contributed by atoms with Gasteiger partial charge < -0.3 is 14.8 Å². The molecule has 0 aliphatic carbocycles. The summed E-state index contributed by atoms with van der Waals surface area (Å²) in [6.45, 7) is 2.43. The minimum Gasteiger partial charge on any atom is -0.493 e. The smallest absolute Gasteiger partial charge is 0.271 e. The summed E-state index contributed by atoms with van der Waals surface area (Å²) < 4.78 is 24.6. The van der Waals surface area contributed by atoms with Crippen LogP contribution < -0.4 is 14.8 Å². The van der Waals surface area contributed by atoms with Gasteiger partial charge in [-0.25, -0.2) is 4.39 Å². The van der Waals surface area contributed by atoms with Gasteiger partial charge in [-0.3, -0.25) is 14.9 Å². The molecule has 148 valence electrons. The van der Waals surface area contributed by atoms with Gasteiger partial charge in [-0.15, -0.1) is 0 Å². The quantitative estimate of drug-likeness (QED) is 0.383. The zero-order chi connectivity index (χ0) is 20.7. The summed E-state index contributed by atoms with van der Waals surface area (Å²) in [7, 11) is 1.47. The van der Waals surface area contributed by atoms with Gasteiger partial charge >= 0.3 is 0 Å². The Balaban J connectivity index is 2.17. The Kier molecular flexibility index (Phi) is 7.34. The third kappa shape index (κ3) is 5.43. The Hall–Kier alpha value is -3.13. The standard InChI is InChI=1S/C19H18ClFN2O5/c1-3-8-28-19-14(20)9-12(10-17(19)27-2)4-7-18(24)22-16-11-13(23(25)26)5-6-15(16)21/h4-7,9-11H,3,8H2,1-2H3,(H,22,24)/b7-4+. The molecule has 0 spiro atoms. The van der Waals surface area contributed by atoms with Crippen LogP contribution >= 0.6 is 11.6 Å². The van der Waals surface area contributed by atoms with Gasteiger partial charge in [0, 0.05) is 18.2 Å². The second kappa shape index (κ2) is 9.70. The lowest BCUT2D eigenvalue weighted by atomic mass is 10.2. The van der Waals surface area contributed by atoms with Crippen LogP contribution in [-0.2, 0) is 4.79 Å². The van der Waals surface area contributed by atoms with E-state index < -0.39 is 16.6 Å². The Bertz CT molecular complexity index is 917. The molecule has 1 N–H and O–H groups in total. The fourth-order valence-corrected chi connectivity index (χ4v) is 2.52. The third-order valence-electron chi connectivity index (χ3n) is 3.55. The van der Waals surface area contributed by atoms with Crippen LogP contribution in [0, 0.1) is 15.9 Å². The minimum atomic E-state index is -0.783. The van der Waals surface area contributed by atoms with Crippen molar-refractivity contribution in [3.05, 3.63) is 62.9 Å². The molecule has 0 aliphatic heterocycles. The van der Waals surface area contributed by atoms with Gasteiger partial charge in [0.25, 0.3) is 5.69 Å². The maximum Gasteiger partial charge on any atom is 0.271 e. The lowest BCUT2D eigenvalue weighted by molar-refractivity contribution is -0.384. The molecule has 2 aromatic rings. The molecule has 0 radical (unpaired) electrons. The largest absolute Gasteiger partial charge is 0.493 e. The van der Waals surface area contributed by atoms with Gasteiger partial charge in [0.1, 0.15) is 5.82 Å². The number of nitro groups is 1. The van der Waals surface area contributed by atoms with E-state index in [-0.39, 0.29) is 11.4 Å². The molecule has 2 rings (SSSR count). The molecule has 2 aromatic carbocycles. The SMILES string of the molecule is CCCOc1c(Cl)cc(/C=C/C(=O)Nc2cc([N+](=O)[O-])ccc2F)cc1OC. The first-order valence-electron chi connectivity index (χ1n) is 8.29. The average Bonchev–Trinajstić information content (AvgIpc) is 2.66. The number of nitrogens with one attached hydrogen (secondary N) is 1. The predicted octanol–water partition coefficient (Wildman–Crippen LogP) is 4.84. The molecular weight excluding hydrogens is 391 g/mol. The number of hydrogen-bond donors (Lipinski definition) is 1. The number of ether oxygens (including phenoxy) is 2. The van der Waals surface area contributed by atoms with Gasteiger partial charge in [-0.05, 0) is 36.3 Å². The Labute approximate surface area is 165 Å². The van der Waals surface area contributed by atoms with Crippen molar-refractivity contribution in [3.63, 3.8) is 0 Å². The number of anilines is 1. The lowest BCUT2D eigenvalue weighted by Crippen LogP contribution is -2.09. The zero-order valence-corrected chi connectivity index (χ0v) is 16.0. The number of non-ortho nitro benzene ring substituents is 1. The number of methoxy groups -OCH3 is 1. The van der Waals surface area contributed by atoms with Crippen LogP contribution in [0.3, 0.4) is 0 Å². The molecule has 0 saturated heterocycles. The van der Waals surface area contributed by atoms with Crippen LogP contribution in [0.15, 0.2) is 36.4 Å². The van der Waals surface area contributed by atoms with Gasteiger partial charge in [0.05, 0.1) is 29.4 Å². The molecule has 9 heteroatoms. The molecule has 7 nitrogen and oxygen atoms in total. The molecule has 0 saturated carbocycles. The first-order valence-corrected chi connectivity index (χ1v) is 8.66. The fourth-order valence-electron chi connectivity index (χ4n) is 2.25. The highest BCUT2D eigenvalue weighted by Crippen LogP contribution is 2.36. The maximum absolute atomic E-state index is 13.7. The number of halogens is 2. The van der Waals surface area contributed by atoms with Crippen molar-refractivity contribution in [2.24, 2.45) is 0 Å². The highest BCUT2D eigenvalue weighted by molar-refractivity contribution is 6.32. The predicted molar refractivity (Wildman–Crippen MR) is 105 cm³/mol.